The highest BCUT2D eigenvalue weighted by atomic mass is 16.6. The quantitative estimate of drug-likeness (QED) is 0.388. The number of nitro groups is 1. The van der Waals surface area contributed by atoms with Crippen LogP contribution in [0.1, 0.15) is 46.5 Å². The minimum atomic E-state index is -0.780. The van der Waals surface area contributed by atoms with Crippen molar-refractivity contribution in [1.29, 1.82) is 0 Å². The summed E-state index contributed by atoms with van der Waals surface area (Å²) in [4.78, 5) is 46.5. The van der Waals surface area contributed by atoms with Crippen LogP contribution >= 0.6 is 0 Å². The molecule has 0 heterocycles. The van der Waals surface area contributed by atoms with Gasteiger partial charge in [-0.15, -0.1) is 0 Å². The van der Waals surface area contributed by atoms with Crippen molar-refractivity contribution < 1.29 is 24.0 Å². The molecule has 0 radical (unpaired) electrons. The summed E-state index contributed by atoms with van der Waals surface area (Å²) in [5.74, 6) is -1.23. The molecule has 2 aromatic carbocycles. The molecule has 9 heteroatoms. The highest BCUT2D eigenvalue weighted by Gasteiger charge is 2.18. The smallest absolute Gasteiger partial charge is 0.338 e. The molecule has 0 aliphatic rings. The third-order valence-corrected chi connectivity index (χ3v) is 4.07. The van der Waals surface area contributed by atoms with E-state index in [1.807, 2.05) is 13.8 Å². The van der Waals surface area contributed by atoms with Crippen LogP contribution in [0.2, 0.25) is 0 Å². The van der Waals surface area contributed by atoms with Gasteiger partial charge in [0.2, 0.25) is 5.91 Å². The van der Waals surface area contributed by atoms with Gasteiger partial charge in [0.05, 0.1) is 17.6 Å². The number of hydrogen-bond acceptors (Lipinski definition) is 6. The van der Waals surface area contributed by atoms with E-state index < -0.39 is 22.5 Å². The third kappa shape index (κ3) is 6.40. The predicted molar refractivity (Wildman–Crippen MR) is 110 cm³/mol. The van der Waals surface area contributed by atoms with Gasteiger partial charge in [-0.25, -0.2) is 4.79 Å². The van der Waals surface area contributed by atoms with E-state index in [9.17, 15) is 24.5 Å². The Morgan fingerprint density at radius 2 is 1.80 bits per heavy atom. The van der Waals surface area contributed by atoms with Crippen LogP contribution in [0.4, 0.5) is 11.4 Å². The number of methoxy groups -OCH3 is 1. The molecule has 0 aromatic heterocycles. The van der Waals surface area contributed by atoms with Crippen molar-refractivity contribution in [3.63, 3.8) is 0 Å². The molecule has 0 aliphatic carbocycles. The summed E-state index contributed by atoms with van der Waals surface area (Å²) in [6.07, 6.45) is 0.399. The number of esters is 1. The Morgan fingerprint density at radius 1 is 1.10 bits per heavy atom. The van der Waals surface area contributed by atoms with Crippen LogP contribution in [-0.2, 0) is 16.1 Å². The Bertz CT molecular complexity index is 971. The van der Waals surface area contributed by atoms with Gasteiger partial charge in [-0.2, -0.15) is 0 Å². The van der Waals surface area contributed by atoms with Crippen molar-refractivity contribution in [3.05, 3.63) is 69.3 Å². The van der Waals surface area contributed by atoms with Gasteiger partial charge in [0.15, 0.2) is 0 Å². The topological polar surface area (TPSA) is 128 Å². The highest BCUT2D eigenvalue weighted by molar-refractivity contribution is 5.99. The molecular formula is C21H23N3O6. The molecule has 0 aliphatic heterocycles. The zero-order valence-electron chi connectivity index (χ0n) is 16.9. The monoisotopic (exact) mass is 413 g/mol. The van der Waals surface area contributed by atoms with E-state index >= 15 is 0 Å². The summed E-state index contributed by atoms with van der Waals surface area (Å²) in [7, 11) is 1.15. The van der Waals surface area contributed by atoms with E-state index in [4.69, 9.17) is 0 Å². The SMILES string of the molecule is COC(=O)c1cc(C(=O)NCc2cccc(NC(=O)CC(C)C)c2)cc([N+](=O)[O-])c1. The van der Waals surface area contributed by atoms with Crippen LogP contribution in [-0.4, -0.2) is 29.8 Å². The lowest BCUT2D eigenvalue weighted by atomic mass is 10.1. The van der Waals surface area contributed by atoms with Crippen molar-refractivity contribution in [3.8, 4) is 0 Å². The maximum Gasteiger partial charge on any atom is 0.338 e. The summed E-state index contributed by atoms with van der Waals surface area (Å²) < 4.78 is 4.58. The molecule has 2 rings (SSSR count). The zero-order valence-corrected chi connectivity index (χ0v) is 16.9. The first-order valence-corrected chi connectivity index (χ1v) is 9.24. The van der Waals surface area contributed by atoms with Gasteiger partial charge in [-0.05, 0) is 29.7 Å². The van der Waals surface area contributed by atoms with E-state index in [1.54, 1.807) is 24.3 Å². The lowest BCUT2D eigenvalue weighted by molar-refractivity contribution is -0.384. The number of nitro benzene ring substituents is 1. The fourth-order valence-corrected chi connectivity index (χ4v) is 2.71. The first-order valence-electron chi connectivity index (χ1n) is 9.24. The van der Waals surface area contributed by atoms with Crippen molar-refractivity contribution >= 4 is 29.2 Å². The van der Waals surface area contributed by atoms with Crippen LogP contribution in [0, 0.1) is 16.0 Å². The molecule has 2 N–H and O–H groups in total. The normalized spacial score (nSPS) is 10.4. The fourth-order valence-electron chi connectivity index (χ4n) is 2.71. The van der Waals surface area contributed by atoms with Crippen LogP contribution < -0.4 is 10.6 Å². The summed E-state index contributed by atoms with van der Waals surface area (Å²) in [5, 5.41) is 16.6. The van der Waals surface area contributed by atoms with Gasteiger partial charge < -0.3 is 15.4 Å². The van der Waals surface area contributed by atoms with Crippen LogP contribution in [0.25, 0.3) is 0 Å². The number of non-ortho nitro benzene ring substituents is 1. The van der Waals surface area contributed by atoms with Crippen molar-refractivity contribution in [1.82, 2.24) is 5.32 Å². The Hall–Kier alpha value is -3.75. The number of carbonyl (C=O) groups is 3. The van der Waals surface area contributed by atoms with Gasteiger partial charge >= 0.3 is 5.97 Å². The van der Waals surface area contributed by atoms with Crippen molar-refractivity contribution in [2.24, 2.45) is 5.92 Å². The Kier molecular flexibility index (Phi) is 7.62. The third-order valence-electron chi connectivity index (χ3n) is 4.07. The van der Waals surface area contributed by atoms with Gasteiger partial charge in [-0.1, -0.05) is 26.0 Å². The molecular weight excluding hydrogens is 390 g/mol. The molecule has 2 aromatic rings. The number of anilines is 1. The summed E-state index contributed by atoms with van der Waals surface area (Å²) >= 11 is 0. The molecule has 0 spiro atoms. The number of ether oxygens (including phenoxy) is 1. The van der Waals surface area contributed by atoms with Crippen molar-refractivity contribution in [2.45, 2.75) is 26.8 Å². The minimum absolute atomic E-state index is 0.0361. The molecule has 0 saturated heterocycles. The van der Waals surface area contributed by atoms with E-state index in [0.29, 0.717) is 12.1 Å². The molecule has 2 amide bonds. The maximum atomic E-state index is 12.5. The van der Waals surface area contributed by atoms with E-state index in [2.05, 4.69) is 15.4 Å². The average molecular weight is 413 g/mol. The minimum Gasteiger partial charge on any atom is -0.465 e. The highest BCUT2D eigenvalue weighted by Crippen LogP contribution is 2.19. The molecule has 30 heavy (non-hydrogen) atoms. The lowest BCUT2D eigenvalue weighted by Crippen LogP contribution is -2.23. The first-order chi connectivity index (χ1) is 14.2. The number of rotatable bonds is 8. The molecule has 0 unspecified atom stereocenters. The molecule has 0 bridgehead atoms. The van der Waals surface area contributed by atoms with E-state index in [1.165, 1.54) is 6.07 Å². The Labute approximate surface area is 173 Å². The summed E-state index contributed by atoms with van der Waals surface area (Å²) in [5.41, 5.74) is 0.815. The number of nitrogens with zero attached hydrogens (tertiary/aromatic N) is 1. The molecule has 158 valence electrons. The zero-order chi connectivity index (χ0) is 22.3. The van der Waals surface area contributed by atoms with Gasteiger partial charge in [0, 0.05) is 36.3 Å². The standard InChI is InChI=1S/C21H23N3O6/c1-13(2)7-19(25)23-17-6-4-5-14(8-17)12-22-20(26)15-9-16(21(27)30-3)11-18(10-15)24(28)29/h4-6,8-11,13H,7,12H2,1-3H3,(H,22,26)(H,23,25). The van der Waals surface area contributed by atoms with Gasteiger partial charge in [0.1, 0.15) is 0 Å². The predicted octanol–water partition coefficient (Wildman–Crippen LogP) is 3.30. The number of carbonyl (C=O) groups excluding carboxylic acids is 3. The van der Waals surface area contributed by atoms with Crippen LogP contribution in [0.5, 0.6) is 0 Å². The lowest BCUT2D eigenvalue weighted by Gasteiger charge is -2.10. The molecule has 0 fully saturated rings. The Balaban J connectivity index is 2.11. The second-order valence-electron chi connectivity index (χ2n) is 7.05. The number of amides is 2. The number of nitrogens with one attached hydrogen (secondary N) is 2. The largest absolute Gasteiger partial charge is 0.465 e. The van der Waals surface area contributed by atoms with E-state index in [0.717, 1.165) is 24.8 Å². The average Bonchev–Trinajstić information content (AvgIpc) is 2.70. The molecule has 9 nitrogen and oxygen atoms in total. The first kappa shape index (κ1) is 22.5. The van der Waals surface area contributed by atoms with Gasteiger partial charge in [0.25, 0.3) is 11.6 Å². The van der Waals surface area contributed by atoms with Gasteiger partial charge in [-0.3, -0.25) is 19.7 Å². The van der Waals surface area contributed by atoms with Crippen molar-refractivity contribution in [2.75, 3.05) is 12.4 Å². The summed E-state index contributed by atoms with van der Waals surface area (Å²) in [6, 6.07) is 10.4. The van der Waals surface area contributed by atoms with Crippen LogP contribution in [0.15, 0.2) is 42.5 Å². The number of benzene rings is 2. The maximum absolute atomic E-state index is 12.5. The second kappa shape index (κ2) is 10.1. The summed E-state index contributed by atoms with van der Waals surface area (Å²) in [6.45, 7) is 4.03. The molecule has 0 atom stereocenters. The van der Waals surface area contributed by atoms with Crippen LogP contribution in [0.3, 0.4) is 0 Å². The fraction of sp³-hybridized carbons (Fsp3) is 0.286. The molecule has 0 saturated carbocycles. The number of hydrogen-bond donors (Lipinski definition) is 2. The second-order valence-corrected chi connectivity index (χ2v) is 7.05. The van der Waals surface area contributed by atoms with E-state index in [-0.39, 0.29) is 29.5 Å². The Morgan fingerprint density at radius 3 is 2.43 bits per heavy atom.